The average Bonchev–Trinajstić information content (AvgIpc) is 3.43. The van der Waals surface area contributed by atoms with Gasteiger partial charge in [-0.3, -0.25) is 19.4 Å². The maximum Gasteiger partial charge on any atom is 0.325 e. The van der Waals surface area contributed by atoms with Crippen molar-refractivity contribution < 1.29 is 19.2 Å². The summed E-state index contributed by atoms with van der Waals surface area (Å²) in [6.07, 6.45) is 1.77. The molecule has 3 N–H and O–H groups in total. The lowest BCUT2D eigenvalue weighted by atomic mass is 10.0. The SMILES string of the molecule is Cc1noc(C)c1CN1CCN(C(C(=O)O)c2c[nH]c3ccc(NC(=O)c4ccccc4)cc23)CC1. The van der Waals surface area contributed by atoms with Crippen molar-refractivity contribution in [3.8, 4) is 0 Å². The molecule has 9 heteroatoms. The second-order valence-electron chi connectivity index (χ2n) is 9.18. The van der Waals surface area contributed by atoms with Gasteiger partial charge in [0.25, 0.3) is 5.91 Å². The molecule has 2 aromatic carbocycles. The molecule has 2 aromatic heterocycles. The summed E-state index contributed by atoms with van der Waals surface area (Å²) in [5, 5.41) is 17.9. The van der Waals surface area contributed by atoms with Crippen LogP contribution in [-0.4, -0.2) is 63.1 Å². The number of nitrogens with one attached hydrogen (secondary N) is 2. The number of carboxylic acid groups (broad SMARTS) is 1. The van der Waals surface area contributed by atoms with E-state index in [1.54, 1.807) is 18.3 Å². The van der Waals surface area contributed by atoms with Crippen LogP contribution in [0, 0.1) is 13.8 Å². The van der Waals surface area contributed by atoms with E-state index in [0.717, 1.165) is 47.6 Å². The van der Waals surface area contributed by atoms with E-state index in [4.69, 9.17) is 4.52 Å². The standard InChI is InChI=1S/C27H29N5O4/c1-17-23(18(2)36-30-17)16-31-10-12-32(13-11-31)25(27(34)35)22-15-28-24-9-8-20(14-21(22)24)29-26(33)19-6-4-3-5-7-19/h3-9,14-15,25,28H,10-13,16H2,1-2H3,(H,29,33)(H,34,35). The van der Waals surface area contributed by atoms with Crippen LogP contribution in [0.2, 0.25) is 0 Å². The van der Waals surface area contributed by atoms with Gasteiger partial charge in [0.1, 0.15) is 11.8 Å². The Kier molecular flexibility index (Phi) is 6.58. The molecule has 1 saturated heterocycles. The van der Waals surface area contributed by atoms with Crippen molar-refractivity contribution in [3.63, 3.8) is 0 Å². The molecule has 1 fully saturated rings. The van der Waals surface area contributed by atoms with Gasteiger partial charge in [-0.1, -0.05) is 23.4 Å². The predicted octanol–water partition coefficient (Wildman–Crippen LogP) is 3.97. The molecular weight excluding hydrogens is 458 g/mol. The van der Waals surface area contributed by atoms with Crippen molar-refractivity contribution in [1.82, 2.24) is 19.9 Å². The number of hydrogen-bond acceptors (Lipinski definition) is 6. The number of benzene rings is 2. The number of anilines is 1. The predicted molar refractivity (Wildman–Crippen MR) is 136 cm³/mol. The highest BCUT2D eigenvalue weighted by molar-refractivity contribution is 6.05. The Morgan fingerprint density at radius 1 is 1.11 bits per heavy atom. The molecule has 0 radical (unpaired) electrons. The van der Waals surface area contributed by atoms with Gasteiger partial charge in [0.15, 0.2) is 0 Å². The Balaban J connectivity index is 1.33. The van der Waals surface area contributed by atoms with Gasteiger partial charge < -0.3 is 19.9 Å². The normalized spacial score (nSPS) is 15.7. The minimum atomic E-state index is -0.895. The van der Waals surface area contributed by atoms with Crippen LogP contribution in [0.3, 0.4) is 0 Å². The maximum atomic E-state index is 12.6. The summed E-state index contributed by atoms with van der Waals surface area (Å²) in [5.74, 6) is -0.280. The molecule has 36 heavy (non-hydrogen) atoms. The maximum absolute atomic E-state index is 12.6. The van der Waals surface area contributed by atoms with E-state index in [1.807, 2.05) is 55.1 Å². The Labute approximate surface area is 208 Å². The van der Waals surface area contributed by atoms with Crippen LogP contribution in [0.4, 0.5) is 5.69 Å². The lowest BCUT2D eigenvalue weighted by Crippen LogP contribution is -2.48. The Hall–Kier alpha value is -3.95. The molecule has 0 aliphatic carbocycles. The molecule has 1 aliphatic heterocycles. The second kappa shape index (κ2) is 9.96. The summed E-state index contributed by atoms with van der Waals surface area (Å²) >= 11 is 0. The number of carbonyl (C=O) groups is 2. The van der Waals surface area contributed by atoms with Gasteiger partial charge in [-0.2, -0.15) is 0 Å². The van der Waals surface area contributed by atoms with Crippen LogP contribution in [0.25, 0.3) is 10.9 Å². The van der Waals surface area contributed by atoms with E-state index in [1.165, 1.54) is 0 Å². The van der Waals surface area contributed by atoms with Gasteiger partial charge in [-0.15, -0.1) is 0 Å². The number of aryl methyl sites for hydroxylation is 2. The largest absolute Gasteiger partial charge is 0.480 e. The Morgan fingerprint density at radius 2 is 1.86 bits per heavy atom. The fraction of sp³-hybridized carbons (Fsp3) is 0.296. The van der Waals surface area contributed by atoms with E-state index in [9.17, 15) is 14.7 Å². The minimum absolute atomic E-state index is 0.212. The summed E-state index contributed by atoms with van der Waals surface area (Å²) in [7, 11) is 0. The van der Waals surface area contributed by atoms with Crippen LogP contribution in [-0.2, 0) is 11.3 Å². The number of piperazine rings is 1. The number of aromatic nitrogens is 2. The van der Waals surface area contributed by atoms with Crippen LogP contribution >= 0.6 is 0 Å². The molecule has 0 saturated carbocycles. The third-order valence-electron chi connectivity index (χ3n) is 6.87. The van der Waals surface area contributed by atoms with Crippen molar-refractivity contribution in [1.29, 1.82) is 0 Å². The number of amides is 1. The highest BCUT2D eigenvalue weighted by Crippen LogP contribution is 2.32. The Bertz CT molecular complexity index is 1370. The molecular formula is C27H29N5O4. The molecule has 1 unspecified atom stereocenters. The number of nitrogens with zero attached hydrogens (tertiary/aromatic N) is 3. The van der Waals surface area contributed by atoms with Gasteiger partial charge in [0, 0.05) is 72.2 Å². The zero-order valence-electron chi connectivity index (χ0n) is 20.3. The lowest BCUT2D eigenvalue weighted by molar-refractivity contribution is -0.144. The van der Waals surface area contributed by atoms with Crippen molar-refractivity contribution in [2.75, 3.05) is 31.5 Å². The van der Waals surface area contributed by atoms with Crippen molar-refractivity contribution in [2.24, 2.45) is 0 Å². The fourth-order valence-corrected chi connectivity index (χ4v) is 4.86. The minimum Gasteiger partial charge on any atom is -0.480 e. The molecule has 1 atom stereocenters. The number of aliphatic carboxylic acids is 1. The lowest BCUT2D eigenvalue weighted by Gasteiger charge is -2.37. The van der Waals surface area contributed by atoms with Gasteiger partial charge in [0.2, 0.25) is 0 Å². The first-order chi connectivity index (χ1) is 17.4. The zero-order chi connectivity index (χ0) is 25.2. The molecule has 3 heterocycles. The molecule has 5 rings (SSSR count). The number of H-pyrrole nitrogens is 1. The number of rotatable bonds is 7. The first-order valence-corrected chi connectivity index (χ1v) is 12.0. The van der Waals surface area contributed by atoms with Gasteiger partial charge >= 0.3 is 5.97 Å². The molecule has 186 valence electrons. The third-order valence-corrected chi connectivity index (χ3v) is 6.87. The first-order valence-electron chi connectivity index (χ1n) is 12.0. The number of carboxylic acids is 1. The number of fused-ring (bicyclic) bond motifs is 1. The highest BCUT2D eigenvalue weighted by atomic mass is 16.5. The Morgan fingerprint density at radius 3 is 2.53 bits per heavy atom. The van der Waals surface area contributed by atoms with Gasteiger partial charge in [0.05, 0.1) is 5.69 Å². The van der Waals surface area contributed by atoms with E-state index in [2.05, 4.69) is 20.4 Å². The highest BCUT2D eigenvalue weighted by Gasteiger charge is 2.32. The van der Waals surface area contributed by atoms with Gasteiger partial charge in [-0.25, -0.2) is 0 Å². The molecule has 1 amide bonds. The summed E-state index contributed by atoms with van der Waals surface area (Å²) in [4.78, 5) is 32.6. The first kappa shape index (κ1) is 23.8. The average molecular weight is 488 g/mol. The summed E-state index contributed by atoms with van der Waals surface area (Å²) < 4.78 is 5.28. The van der Waals surface area contributed by atoms with Crippen molar-refractivity contribution >= 4 is 28.5 Å². The van der Waals surface area contributed by atoms with Crippen LogP contribution in [0.1, 0.15) is 39.0 Å². The fourth-order valence-electron chi connectivity index (χ4n) is 4.86. The zero-order valence-corrected chi connectivity index (χ0v) is 20.3. The molecule has 1 aliphatic rings. The second-order valence-corrected chi connectivity index (χ2v) is 9.18. The van der Waals surface area contributed by atoms with E-state index in [0.29, 0.717) is 29.9 Å². The number of aromatic amines is 1. The summed E-state index contributed by atoms with van der Waals surface area (Å²) in [6.45, 7) is 7.33. The van der Waals surface area contributed by atoms with Crippen LogP contribution < -0.4 is 5.32 Å². The van der Waals surface area contributed by atoms with Crippen molar-refractivity contribution in [2.45, 2.75) is 26.4 Å². The van der Waals surface area contributed by atoms with Crippen LogP contribution in [0.5, 0.6) is 0 Å². The monoisotopic (exact) mass is 487 g/mol. The van der Waals surface area contributed by atoms with Crippen LogP contribution in [0.15, 0.2) is 59.3 Å². The molecule has 4 aromatic rings. The summed E-state index contributed by atoms with van der Waals surface area (Å²) in [6, 6.07) is 13.7. The quantitative estimate of drug-likeness (QED) is 0.361. The number of carbonyl (C=O) groups excluding carboxylic acids is 1. The van der Waals surface area contributed by atoms with E-state index < -0.39 is 12.0 Å². The van der Waals surface area contributed by atoms with Gasteiger partial charge in [-0.05, 0) is 44.2 Å². The number of hydrogen-bond donors (Lipinski definition) is 3. The van der Waals surface area contributed by atoms with Crippen molar-refractivity contribution in [3.05, 3.63) is 82.9 Å². The molecule has 9 nitrogen and oxygen atoms in total. The third kappa shape index (κ3) is 4.75. The van der Waals surface area contributed by atoms with E-state index >= 15 is 0 Å². The topological polar surface area (TPSA) is 115 Å². The summed E-state index contributed by atoms with van der Waals surface area (Å²) in [5.41, 5.74) is 4.68. The smallest absolute Gasteiger partial charge is 0.325 e. The molecule has 0 bridgehead atoms. The molecule has 0 spiro atoms. The van der Waals surface area contributed by atoms with E-state index in [-0.39, 0.29) is 5.91 Å².